The van der Waals surface area contributed by atoms with Gasteiger partial charge in [-0.05, 0) is 6.07 Å². The number of rotatable bonds is 3. The van der Waals surface area contributed by atoms with Gasteiger partial charge in [0.1, 0.15) is 0 Å². The van der Waals surface area contributed by atoms with E-state index in [2.05, 4.69) is 5.32 Å². The molecule has 0 unspecified atom stereocenters. The van der Waals surface area contributed by atoms with Crippen molar-refractivity contribution in [3.63, 3.8) is 0 Å². The number of halogens is 1. The van der Waals surface area contributed by atoms with E-state index in [-0.39, 0.29) is 17.5 Å². The normalized spacial score (nSPS) is 17.9. The number of benzene rings is 1. The maximum absolute atomic E-state index is 11.5. The quantitative estimate of drug-likeness (QED) is 0.509. The van der Waals surface area contributed by atoms with Gasteiger partial charge >= 0.3 is 0 Å². The highest BCUT2D eigenvalue weighted by Gasteiger charge is 2.28. The second-order valence-electron chi connectivity index (χ2n) is 3.51. The largest absolute Gasteiger partial charge is 0.478 e. The average Bonchev–Trinajstić information content (AvgIpc) is 2.29. The number of nitro groups is 1. The molecule has 0 bridgehead atoms. The molecule has 1 atom stereocenters. The summed E-state index contributed by atoms with van der Waals surface area (Å²) in [6, 6.07) is 4.04. The Hall–Kier alpha value is -1.82. The molecule has 6 nitrogen and oxygen atoms in total. The minimum atomic E-state index is -0.693. The second kappa shape index (κ2) is 4.58. The number of anilines is 1. The Balaban J connectivity index is 2.30. The van der Waals surface area contributed by atoms with Crippen LogP contribution in [0.5, 0.6) is 5.75 Å². The third-order valence-electron chi connectivity index (χ3n) is 2.37. The number of amides is 1. The van der Waals surface area contributed by atoms with Gasteiger partial charge in [0.25, 0.3) is 11.6 Å². The van der Waals surface area contributed by atoms with Gasteiger partial charge in [0, 0.05) is 18.4 Å². The van der Waals surface area contributed by atoms with Crippen LogP contribution in [0.2, 0.25) is 0 Å². The van der Waals surface area contributed by atoms with Crippen molar-refractivity contribution in [2.24, 2.45) is 0 Å². The predicted octanol–water partition coefficient (Wildman–Crippen LogP) is 1.92. The zero-order valence-corrected chi connectivity index (χ0v) is 9.44. The lowest BCUT2D eigenvalue weighted by Gasteiger charge is -2.24. The number of fused-ring (bicyclic) bond motifs is 1. The van der Waals surface area contributed by atoms with Crippen LogP contribution in [0.15, 0.2) is 18.2 Å². The number of carbonyl (C=O) groups excluding carboxylic acids is 1. The van der Waals surface area contributed by atoms with Crippen molar-refractivity contribution < 1.29 is 14.5 Å². The first kappa shape index (κ1) is 11.7. The first-order valence-electron chi connectivity index (χ1n) is 4.93. The molecular formula is C10H9ClN2O4. The van der Waals surface area contributed by atoms with Gasteiger partial charge in [0.2, 0.25) is 0 Å². The predicted molar refractivity (Wildman–Crippen MR) is 61.5 cm³/mol. The van der Waals surface area contributed by atoms with Crippen molar-refractivity contribution in [2.45, 2.75) is 12.5 Å². The molecule has 2 rings (SSSR count). The summed E-state index contributed by atoms with van der Waals surface area (Å²) in [5, 5.41) is 13.2. The Bertz CT molecular complexity index is 477. The summed E-state index contributed by atoms with van der Waals surface area (Å²) in [7, 11) is 0. The number of nitrogens with zero attached hydrogens (tertiary/aromatic N) is 1. The molecule has 1 amide bonds. The second-order valence-corrected chi connectivity index (χ2v) is 3.89. The number of carbonyl (C=O) groups is 1. The molecule has 0 radical (unpaired) electrons. The molecule has 1 aliphatic rings. The van der Waals surface area contributed by atoms with Crippen LogP contribution in [-0.4, -0.2) is 22.8 Å². The Kier molecular flexibility index (Phi) is 3.14. The van der Waals surface area contributed by atoms with Crippen LogP contribution in [-0.2, 0) is 4.79 Å². The van der Waals surface area contributed by atoms with Gasteiger partial charge in [-0.2, -0.15) is 0 Å². The van der Waals surface area contributed by atoms with E-state index >= 15 is 0 Å². The number of nitro benzene ring substituents is 1. The topological polar surface area (TPSA) is 81.5 Å². The van der Waals surface area contributed by atoms with Crippen molar-refractivity contribution >= 4 is 28.9 Å². The number of hydrogen-bond donors (Lipinski definition) is 1. The van der Waals surface area contributed by atoms with E-state index in [9.17, 15) is 14.9 Å². The van der Waals surface area contributed by atoms with Crippen LogP contribution in [0.4, 0.5) is 11.4 Å². The van der Waals surface area contributed by atoms with Crippen molar-refractivity contribution in [3.05, 3.63) is 28.3 Å². The molecule has 0 aromatic heterocycles. The van der Waals surface area contributed by atoms with Gasteiger partial charge in [-0.3, -0.25) is 14.9 Å². The van der Waals surface area contributed by atoms with E-state index in [1.165, 1.54) is 18.2 Å². The summed E-state index contributed by atoms with van der Waals surface area (Å²) in [5.74, 6) is 0.295. The first-order chi connectivity index (χ1) is 8.11. The molecule has 17 heavy (non-hydrogen) atoms. The molecule has 7 heteroatoms. The molecule has 0 spiro atoms. The highest BCUT2D eigenvalue weighted by Crippen LogP contribution is 2.33. The third kappa shape index (κ3) is 2.31. The molecule has 90 valence electrons. The van der Waals surface area contributed by atoms with E-state index in [0.717, 1.165) is 0 Å². The summed E-state index contributed by atoms with van der Waals surface area (Å²) in [5.41, 5.74) is 0.357. The van der Waals surface area contributed by atoms with E-state index in [0.29, 0.717) is 17.9 Å². The monoisotopic (exact) mass is 256 g/mol. The third-order valence-corrected chi connectivity index (χ3v) is 2.59. The molecular weight excluding hydrogens is 248 g/mol. The van der Waals surface area contributed by atoms with E-state index in [1.807, 2.05) is 0 Å². The standard InChI is InChI=1S/C10H9ClN2O4/c11-4-3-8-10(14)12-7-2-1-6(13(15)16)5-9(7)17-8/h1-2,5,8H,3-4H2,(H,12,14)/t8-/m1/s1. The lowest BCUT2D eigenvalue weighted by atomic mass is 10.1. The first-order valence-corrected chi connectivity index (χ1v) is 5.47. The lowest BCUT2D eigenvalue weighted by molar-refractivity contribution is -0.384. The van der Waals surface area contributed by atoms with Crippen LogP contribution >= 0.6 is 11.6 Å². The number of alkyl halides is 1. The molecule has 0 aliphatic carbocycles. The minimum absolute atomic E-state index is 0.0791. The summed E-state index contributed by atoms with van der Waals surface area (Å²) >= 11 is 5.54. The zero-order valence-electron chi connectivity index (χ0n) is 8.68. The maximum atomic E-state index is 11.5. The molecule has 0 saturated carbocycles. The van der Waals surface area contributed by atoms with Crippen LogP contribution in [0.25, 0.3) is 0 Å². The summed E-state index contributed by atoms with van der Waals surface area (Å²) in [6.07, 6.45) is -0.336. The molecule has 1 aromatic rings. The number of nitrogens with one attached hydrogen (secondary N) is 1. The van der Waals surface area contributed by atoms with Gasteiger partial charge in [-0.15, -0.1) is 11.6 Å². The number of ether oxygens (including phenoxy) is 1. The van der Waals surface area contributed by atoms with E-state index < -0.39 is 11.0 Å². The number of non-ortho nitro benzene ring substituents is 1. The Morgan fingerprint density at radius 3 is 2.94 bits per heavy atom. The molecule has 0 saturated heterocycles. The van der Waals surface area contributed by atoms with Crippen molar-refractivity contribution in [1.29, 1.82) is 0 Å². The van der Waals surface area contributed by atoms with Crippen molar-refractivity contribution in [2.75, 3.05) is 11.2 Å². The highest BCUT2D eigenvalue weighted by atomic mass is 35.5. The fourth-order valence-corrected chi connectivity index (χ4v) is 1.73. The van der Waals surface area contributed by atoms with Gasteiger partial charge in [-0.25, -0.2) is 0 Å². The molecule has 1 N–H and O–H groups in total. The minimum Gasteiger partial charge on any atom is -0.478 e. The van der Waals surface area contributed by atoms with Crippen molar-refractivity contribution in [3.8, 4) is 5.75 Å². The highest BCUT2D eigenvalue weighted by molar-refractivity contribution is 6.18. The molecule has 1 aromatic carbocycles. The SMILES string of the molecule is O=C1Nc2ccc([N+](=O)[O-])cc2O[C@@H]1CCCl. The average molecular weight is 257 g/mol. The summed E-state index contributed by atoms with van der Waals surface area (Å²) in [4.78, 5) is 21.6. The van der Waals surface area contributed by atoms with Gasteiger partial charge in [0.15, 0.2) is 11.9 Å². The lowest BCUT2D eigenvalue weighted by Crippen LogP contribution is -2.37. The van der Waals surface area contributed by atoms with Gasteiger partial charge < -0.3 is 10.1 Å². The van der Waals surface area contributed by atoms with Gasteiger partial charge in [-0.1, -0.05) is 0 Å². The molecule has 1 aliphatic heterocycles. The van der Waals surface area contributed by atoms with Crippen LogP contribution in [0.3, 0.4) is 0 Å². The van der Waals surface area contributed by atoms with Crippen LogP contribution in [0, 0.1) is 10.1 Å². The maximum Gasteiger partial charge on any atom is 0.273 e. The Morgan fingerprint density at radius 2 is 2.29 bits per heavy atom. The molecule has 1 heterocycles. The Labute approximate surface area is 102 Å². The zero-order chi connectivity index (χ0) is 12.4. The summed E-state index contributed by atoms with van der Waals surface area (Å²) < 4.78 is 5.37. The summed E-state index contributed by atoms with van der Waals surface area (Å²) in [6.45, 7) is 0. The van der Waals surface area contributed by atoms with E-state index in [4.69, 9.17) is 16.3 Å². The Morgan fingerprint density at radius 1 is 1.53 bits per heavy atom. The number of hydrogen-bond acceptors (Lipinski definition) is 4. The molecule has 0 fully saturated rings. The smallest absolute Gasteiger partial charge is 0.273 e. The van der Waals surface area contributed by atoms with E-state index in [1.54, 1.807) is 0 Å². The fourth-order valence-electron chi connectivity index (χ4n) is 1.53. The fraction of sp³-hybridized carbons (Fsp3) is 0.300. The van der Waals surface area contributed by atoms with Gasteiger partial charge in [0.05, 0.1) is 16.7 Å². The van der Waals surface area contributed by atoms with Crippen LogP contribution < -0.4 is 10.1 Å². The van der Waals surface area contributed by atoms with Crippen molar-refractivity contribution in [1.82, 2.24) is 0 Å². The van der Waals surface area contributed by atoms with Crippen LogP contribution in [0.1, 0.15) is 6.42 Å².